The molecule has 3 fully saturated rings. The molecule has 22 heteroatoms. The first kappa shape index (κ1) is 54.6. The highest BCUT2D eigenvalue weighted by atomic mass is 16.8. The van der Waals surface area contributed by atoms with Gasteiger partial charge in [-0.1, -0.05) is 48.4 Å². The van der Waals surface area contributed by atoms with Crippen LogP contribution in [-0.2, 0) is 38.0 Å². The van der Waals surface area contributed by atoms with Crippen molar-refractivity contribution in [3.8, 4) is 16.9 Å². The molecule has 22 nitrogen and oxygen atoms in total. The fourth-order valence-corrected chi connectivity index (χ4v) is 8.00. The van der Waals surface area contributed by atoms with Crippen molar-refractivity contribution >= 4 is 11.7 Å². The number of aryl methyl sites for hydroxylation is 1. The average molecular weight is 956 g/mol. The Balaban J connectivity index is 0.989. The zero-order valence-electron chi connectivity index (χ0n) is 37.7. The van der Waals surface area contributed by atoms with E-state index >= 15 is 0 Å². The molecule has 3 aliphatic rings. The first-order valence-electron chi connectivity index (χ1n) is 22.7. The molecule has 3 aliphatic heterocycles. The average Bonchev–Trinajstić information content (AvgIpc) is 3.31. The smallest absolute Gasteiger partial charge is 0.217 e. The van der Waals surface area contributed by atoms with Crippen LogP contribution in [0.4, 0.5) is 0 Å². The van der Waals surface area contributed by atoms with Crippen LogP contribution in [0.25, 0.3) is 11.1 Å². The summed E-state index contributed by atoms with van der Waals surface area (Å²) in [6, 6.07) is 14.6. The van der Waals surface area contributed by atoms with Gasteiger partial charge < -0.3 is 94.9 Å². The van der Waals surface area contributed by atoms with Gasteiger partial charge in [0.05, 0.1) is 33.0 Å². The van der Waals surface area contributed by atoms with Crippen LogP contribution in [0.15, 0.2) is 48.5 Å². The van der Waals surface area contributed by atoms with Crippen LogP contribution in [-0.4, -0.2) is 214 Å². The molecule has 0 spiro atoms. The number of hydrogen-bond donors (Lipinski definition) is 13. The molecule has 16 atom stereocenters. The monoisotopic (exact) mass is 955 g/mol. The Kier molecular flexibility index (Phi) is 22.1. The first-order chi connectivity index (χ1) is 32.1. The van der Waals surface area contributed by atoms with E-state index in [4.69, 9.17) is 33.2 Å². The van der Waals surface area contributed by atoms with E-state index in [0.29, 0.717) is 31.7 Å². The highest BCUT2D eigenvalue weighted by molar-refractivity contribution is 5.82. The first-order valence-corrected chi connectivity index (χ1v) is 22.7. The summed E-state index contributed by atoms with van der Waals surface area (Å²) in [5, 5.41) is 113. The quantitative estimate of drug-likeness (QED) is 0.0324. The standard InChI is InChI=1S/C45H69N3O19/c1-24-8-6-9-27(18-24)26-11-13-29(14-12-26)62-23-28(53)19-46-15-5-3-4-10-33(54)47-16-7-17-61-43-34(48-25(2)52)37(57)41(32(22-51)65-43)66-45-40(60)42(36(56)31(21-50)64-45)67-44-39(59)38(58)35(55)30(20-49)63-44/h6,8-9,11-14,18,30-47,49-51,54-60H,3-5,7,10,15-17,19-23H2,1-2H3,(H,48,52)/t30?,31?,32?,33?,34?,35-,36-,37?,38?,39?,40?,41+,42?,43+,44+,45-/m0/s1. The number of rotatable bonds is 26. The van der Waals surface area contributed by atoms with Gasteiger partial charge in [-0.05, 0) is 69.0 Å². The second-order valence-electron chi connectivity index (χ2n) is 17.0. The van der Waals surface area contributed by atoms with Crippen LogP contribution in [0.2, 0.25) is 0 Å². The van der Waals surface area contributed by atoms with Crippen LogP contribution in [0.1, 0.15) is 44.6 Å². The third-order valence-corrected chi connectivity index (χ3v) is 11.7. The number of ether oxygens (including phenoxy) is 7. The number of hydrogen-bond acceptors (Lipinski definition) is 21. The van der Waals surface area contributed by atoms with Crippen molar-refractivity contribution in [2.24, 2.45) is 0 Å². The molecule has 0 aliphatic carbocycles. The molecule has 3 saturated heterocycles. The lowest BCUT2D eigenvalue weighted by Gasteiger charge is -2.48. The number of ketones is 1. The number of carbonyl (C=O) groups is 2. The molecule has 5 rings (SSSR count). The number of amides is 1. The zero-order valence-corrected chi connectivity index (χ0v) is 37.7. The summed E-state index contributed by atoms with van der Waals surface area (Å²) >= 11 is 0. The van der Waals surface area contributed by atoms with E-state index in [1.54, 1.807) is 0 Å². The Hall–Kier alpha value is -3.34. The van der Waals surface area contributed by atoms with E-state index in [9.17, 15) is 60.7 Å². The van der Waals surface area contributed by atoms with Crippen LogP contribution < -0.4 is 20.7 Å². The molecule has 378 valence electrons. The van der Waals surface area contributed by atoms with E-state index in [-0.39, 0.29) is 25.5 Å². The van der Waals surface area contributed by atoms with Crippen molar-refractivity contribution in [2.75, 3.05) is 52.7 Å². The van der Waals surface area contributed by atoms with E-state index < -0.39 is 124 Å². The van der Waals surface area contributed by atoms with E-state index in [1.807, 2.05) is 49.4 Å². The predicted octanol–water partition coefficient (Wildman–Crippen LogP) is -3.33. The van der Waals surface area contributed by atoms with E-state index in [1.165, 1.54) is 12.5 Å². The SMILES string of the molecule is CC(=O)NC1C(O)[C@H](O[C@@H]2OC(CO)[C@H](O)C(O[C@H]3OC(CO)[C@H](O)C(O)C3O)C2O)C(CO)O[C@H]1OCCCNC(O)CCCCCNCC(=O)COc1ccc(-c2cccc(C)c2)cc1. The van der Waals surface area contributed by atoms with Gasteiger partial charge in [0.2, 0.25) is 5.91 Å². The summed E-state index contributed by atoms with van der Waals surface area (Å²) in [6.45, 7) is 2.01. The van der Waals surface area contributed by atoms with Crippen LogP contribution in [0.3, 0.4) is 0 Å². The molecule has 0 radical (unpaired) electrons. The summed E-state index contributed by atoms with van der Waals surface area (Å²) in [5.74, 6) is -0.0267. The Morgan fingerprint density at radius 3 is 2.01 bits per heavy atom. The largest absolute Gasteiger partial charge is 0.486 e. The zero-order chi connectivity index (χ0) is 48.6. The number of carbonyl (C=O) groups excluding carboxylic acids is 2. The maximum absolute atomic E-state index is 12.3. The van der Waals surface area contributed by atoms with Gasteiger partial charge in [0, 0.05) is 6.92 Å². The molecule has 13 N–H and O–H groups in total. The van der Waals surface area contributed by atoms with E-state index in [2.05, 4.69) is 22.0 Å². The second-order valence-corrected chi connectivity index (χ2v) is 17.0. The highest BCUT2D eigenvalue weighted by Gasteiger charge is 2.54. The number of benzene rings is 2. The number of nitrogens with one attached hydrogen (secondary N) is 3. The van der Waals surface area contributed by atoms with Gasteiger partial charge >= 0.3 is 0 Å². The molecular formula is C45H69N3O19. The maximum Gasteiger partial charge on any atom is 0.217 e. The molecule has 3 heterocycles. The maximum atomic E-state index is 12.3. The molecule has 10 unspecified atom stereocenters. The van der Waals surface area contributed by atoms with Gasteiger partial charge in [0.15, 0.2) is 24.7 Å². The summed E-state index contributed by atoms with van der Waals surface area (Å²) < 4.78 is 39.9. The molecule has 0 bridgehead atoms. The summed E-state index contributed by atoms with van der Waals surface area (Å²) in [4.78, 5) is 24.5. The van der Waals surface area contributed by atoms with Crippen LogP contribution in [0, 0.1) is 6.92 Å². The third kappa shape index (κ3) is 15.6. The van der Waals surface area contributed by atoms with Crippen molar-refractivity contribution in [3.05, 3.63) is 54.1 Å². The molecule has 0 saturated carbocycles. The van der Waals surface area contributed by atoms with Crippen LogP contribution >= 0.6 is 0 Å². The second kappa shape index (κ2) is 27.2. The molecule has 2 aromatic carbocycles. The minimum atomic E-state index is -1.95. The molecule has 2 aromatic rings. The van der Waals surface area contributed by atoms with Gasteiger partial charge in [-0.25, -0.2) is 0 Å². The fraction of sp³-hybridized carbons (Fsp3) is 0.689. The topological polar surface area (TPSA) is 337 Å². The van der Waals surface area contributed by atoms with Crippen molar-refractivity contribution in [3.63, 3.8) is 0 Å². The van der Waals surface area contributed by atoms with Gasteiger partial charge in [-0.15, -0.1) is 0 Å². The lowest BCUT2D eigenvalue weighted by Crippen LogP contribution is -2.68. The fourth-order valence-electron chi connectivity index (χ4n) is 8.00. The van der Waals surface area contributed by atoms with Gasteiger partial charge in [-0.2, -0.15) is 0 Å². The Morgan fingerprint density at radius 1 is 0.687 bits per heavy atom. The Labute approximate surface area is 388 Å². The molecule has 67 heavy (non-hydrogen) atoms. The molecular weight excluding hydrogens is 886 g/mol. The van der Waals surface area contributed by atoms with Crippen molar-refractivity contribution < 1.29 is 93.8 Å². The van der Waals surface area contributed by atoms with Crippen molar-refractivity contribution in [1.29, 1.82) is 0 Å². The van der Waals surface area contributed by atoms with Crippen molar-refractivity contribution in [2.45, 2.75) is 144 Å². The number of aliphatic hydroxyl groups excluding tert-OH is 10. The normalized spacial score (nSPS) is 32.7. The minimum absolute atomic E-state index is 0.0318. The van der Waals surface area contributed by atoms with Gasteiger partial charge in [0.1, 0.15) is 91.8 Å². The third-order valence-electron chi connectivity index (χ3n) is 11.7. The summed E-state index contributed by atoms with van der Waals surface area (Å²) in [6.07, 6.45) is -20.8. The summed E-state index contributed by atoms with van der Waals surface area (Å²) in [5.41, 5.74) is 3.36. The lowest BCUT2D eigenvalue weighted by molar-refractivity contribution is -0.376. The van der Waals surface area contributed by atoms with Crippen LogP contribution in [0.5, 0.6) is 5.75 Å². The number of Topliss-reactive ketones (excluding diaryl/α,β-unsaturated/α-hetero) is 1. The van der Waals surface area contributed by atoms with Gasteiger partial charge in [-0.3, -0.25) is 14.9 Å². The number of unbranched alkanes of at least 4 members (excludes halogenated alkanes) is 2. The minimum Gasteiger partial charge on any atom is -0.486 e. The Morgan fingerprint density at radius 2 is 1.34 bits per heavy atom. The Bertz CT molecular complexity index is 1780. The number of aliphatic hydroxyl groups is 10. The van der Waals surface area contributed by atoms with Crippen molar-refractivity contribution in [1.82, 2.24) is 16.0 Å². The molecule has 1 amide bonds. The lowest BCUT2D eigenvalue weighted by atomic mass is 9.95. The van der Waals surface area contributed by atoms with E-state index in [0.717, 1.165) is 30.4 Å². The summed E-state index contributed by atoms with van der Waals surface area (Å²) in [7, 11) is 0. The van der Waals surface area contributed by atoms with Gasteiger partial charge in [0.25, 0.3) is 0 Å². The predicted molar refractivity (Wildman–Crippen MR) is 234 cm³/mol. The molecule has 0 aromatic heterocycles. The highest BCUT2D eigenvalue weighted by Crippen LogP contribution is 2.33.